The van der Waals surface area contributed by atoms with Gasteiger partial charge in [0.1, 0.15) is 5.75 Å². The average molecular weight is 282 g/mol. The molecule has 2 aromatic carbocycles. The van der Waals surface area contributed by atoms with Crippen LogP contribution in [0.25, 0.3) is 0 Å². The van der Waals surface area contributed by atoms with Gasteiger partial charge in [0.05, 0.1) is 12.8 Å². The molecule has 0 spiro atoms. The summed E-state index contributed by atoms with van der Waals surface area (Å²) >= 11 is 0. The van der Waals surface area contributed by atoms with E-state index in [1.165, 1.54) is 24.7 Å². The Morgan fingerprint density at radius 3 is 2.76 bits per heavy atom. The quantitative estimate of drug-likeness (QED) is 0.850. The van der Waals surface area contributed by atoms with Crippen molar-refractivity contribution >= 4 is 17.3 Å². The molecule has 2 aromatic rings. The van der Waals surface area contributed by atoms with Crippen LogP contribution in [-0.2, 0) is 12.8 Å². The lowest BCUT2D eigenvalue weighted by atomic mass is 10.1. The molecule has 1 amide bonds. The predicted molar refractivity (Wildman–Crippen MR) is 83.8 cm³/mol. The Morgan fingerprint density at radius 2 is 1.95 bits per heavy atom. The minimum absolute atomic E-state index is 0.161. The van der Waals surface area contributed by atoms with E-state index in [1.807, 2.05) is 6.07 Å². The number of anilines is 2. The minimum Gasteiger partial charge on any atom is -0.495 e. The number of amides is 1. The molecule has 4 heteroatoms. The molecule has 1 aliphatic rings. The summed E-state index contributed by atoms with van der Waals surface area (Å²) in [4.78, 5) is 12.3. The van der Waals surface area contributed by atoms with Gasteiger partial charge in [0.15, 0.2) is 0 Å². The summed E-state index contributed by atoms with van der Waals surface area (Å²) in [5, 5.41) is 2.92. The second kappa shape index (κ2) is 5.48. The number of carbonyl (C=O) groups excluding carboxylic acids is 1. The molecule has 0 aromatic heterocycles. The molecule has 0 fully saturated rings. The van der Waals surface area contributed by atoms with Crippen LogP contribution in [0.2, 0.25) is 0 Å². The van der Waals surface area contributed by atoms with E-state index in [-0.39, 0.29) is 5.91 Å². The van der Waals surface area contributed by atoms with Gasteiger partial charge in [0.2, 0.25) is 0 Å². The fourth-order valence-corrected chi connectivity index (χ4v) is 2.71. The fourth-order valence-electron chi connectivity index (χ4n) is 2.71. The van der Waals surface area contributed by atoms with Gasteiger partial charge in [-0.2, -0.15) is 0 Å². The molecule has 0 bridgehead atoms. The number of fused-ring (bicyclic) bond motifs is 1. The number of aryl methyl sites for hydroxylation is 2. The van der Waals surface area contributed by atoms with Crippen LogP contribution < -0.4 is 15.8 Å². The van der Waals surface area contributed by atoms with E-state index in [0.717, 1.165) is 18.5 Å². The molecular weight excluding hydrogens is 264 g/mol. The van der Waals surface area contributed by atoms with E-state index < -0.39 is 0 Å². The molecule has 3 N–H and O–H groups in total. The van der Waals surface area contributed by atoms with Crippen molar-refractivity contribution in [2.24, 2.45) is 0 Å². The Balaban J connectivity index is 1.80. The van der Waals surface area contributed by atoms with Gasteiger partial charge in [0, 0.05) is 11.3 Å². The lowest BCUT2D eigenvalue weighted by Crippen LogP contribution is -2.12. The lowest BCUT2D eigenvalue weighted by Gasteiger charge is -2.09. The molecule has 0 saturated carbocycles. The van der Waals surface area contributed by atoms with Crippen LogP contribution in [0.4, 0.5) is 11.4 Å². The maximum Gasteiger partial charge on any atom is 0.255 e. The first-order valence-corrected chi connectivity index (χ1v) is 7.04. The summed E-state index contributed by atoms with van der Waals surface area (Å²) < 4.78 is 5.14. The van der Waals surface area contributed by atoms with E-state index in [9.17, 15) is 4.79 Å². The van der Waals surface area contributed by atoms with Gasteiger partial charge in [0.25, 0.3) is 5.91 Å². The molecule has 0 saturated heterocycles. The Labute approximate surface area is 123 Å². The summed E-state index contributed by atoms with van der Waals surface area (Å²) in [7, 11) is 1.54. The number of benzene rings is 2. The van der Waals surface area contributed by atoms with Gasteiger partial charge in [-0.05, 0) is 60.7 Å². The number of nitrogen functional groups attached to an aromatic ring is 1. The summed E-state index contributed by atoms with van der Waals surface area (Å²) in [6.45, 7) is 0. The van der Waals surface area contributed by atoms with Crippen molar-refractivity contribution in [3.8, 4) is 5.75 Å². The topological polar surface area (TPSA) is 64.3 Å². The zero-order valence-corrected chi connectivity index (χ0v) is 12.0. The average Bonchev–Trinajstić information content (AvgIpc) is 2.95. The predicted octanol–water partition coefficient (Wildman–Crippen LogP) is 3.02. The van der Waals surface area contributed by atoms with Crippen molar-refractivity contribution in [2.75, 3.05) is 18.2 Å². The second-order valence-electron chi connectivity index (χ2n) is 5.25. The molecule has 0 radical (unpaired) electrons. The van der Waals surface area contributed by atoms with Crippen LogP contribution in [0, 0.1) is 0 Å². The van der Waals surface area contributed by atoms with Crippen LogP contribution in [0.15, 0.2) is 36.4 Å². The van der Waals surface area contributed by atoms with Gasteiger partial charge < -0.3 is 15.8 Å². The van der Waals surface area contributed by atoms with Gasteiger partial charge in [-0.25, -0.2) is 0 Å². The van der Waals surface area contributed by atoms with Crippen LogP contribution in [-0.4, -0.2) is 13.0 Å². The zero-order chi connectivity index (χ0) is 14.8. The Kier molecular flexibility index (Phi) is 3.52. The molecule has 1 aliphatic carbocycles. The van der Waals surface area contributed by atoms with Crippen molar-refractivity contribution in [3.05, 3.63) is 53.1 Å². The summed E-state index contributed by atoms with van der Waals surface area (Å²) in [6.07, 6.45) is 3.43. The van der Waals surface area contributed by atoms with E-state index in [2.05, 4.69) is 17.4 Å². The molecule has 0 unspecified atom stereocenters. The van der Waals surface area contributed by atoms with Crippen molar-refractivity contribution in [2.45, 2.75) is 19.3 Å². The minimum atomic E-state index is -0.161. The highest BCUT2D eigenvalue weighted by molar-refractivity contribution is 6.04. The van der Waals surface area contributed by atoms with Crippen molar-refractivity contribution in [3.63, 3.8) is 0 Å². The maximum absolute atomic E-state index is 12.3. The third-order valence-electron chi connectivity index (χ3n) is 3.85. The number of methoxy groups -OCH3 is 1. The first-order chi connectivity index (χ1) is 10.2. The number of ether oxygens (including phenoxy) is 1. The molecule has 21 heavy (non-hydrogen) atoms. The number of nitrogens with one attached hydrogen (secondary N) is 1. The van der Waals surface area contributed by atoms with E-state index in [4.69, 9.17) is 10.5 Å². The third-order valence-corrected chi connectivity index (χ3v) is 3.85. The third kappa shape index (κ3) is 2.70. The fraction of sp³-hybridized carbons (Fsp3) is 0.235. The molecule has 4 nitrogen and oxygen atoms in total. The number of hydrogen-bond acceptors (Lipinski definition) is 3. The monoisotopic (exact) mass is 282 g/mol. The lowest BCUT2D eigenvalue weighted by molar-refractivity contribution is 0.102. The number of rotatable bonds is 3. The van der Waals surface area contributed by atoms with Crippen molar-refractivity contribution in [1.29, 1.82) is 0 Å². The molecule has 108 valence electrons. The Hall–Kier alpha value is -2.49. The first-order valence-electron chi connectivity index (χ1n) is 7.04. The Bertz CT molecular complexity index is 695. The highest BCUT2D eigenvalue weighted by Crippen LogP contribution is 2.26. The van der Waals surface area contributed by atoms with Crippen molar-refractivity contribution in [1.82, 2.24) is 0 Å². The number of nitrogens with two attached hydrogens (primary N) is 1. The maximum atomic E-state index is 12.3. The number of hydrogen-bond donors (Lipinski definition) is 2. The van der Waals surface area contributed by atoms with Crippen LogP contribution in [0.1, 0.15) is 27.9 Å². The summed E-state index contributed by atoms with van der Waals surface area (Å²) in [5.74, 6) is 0.350. The van der Waals surface area contributed by atoms with Gasteiger partial charge in [-0.15, -0.1) is 0 Å². The van der Waals surface area contributed by atoms with E-state index in [0.29, 0.717) is 17.0 Å². The van der Waals surface area contributed by atoms with Crippen LogP contribution >= 0.6 is 0 Å². The highest BCUT2D eigenvalue weighted by atomic mass is 16.5. The normalized spacial score (nSPS) is 12.8. The van der Waals surface area contributed by atoms with Crippen LogP contribution in [0.3, 0.4) is 0 Å². The summed E-state index contributed by atoms with van der Waals surface area (Å²) in [6, 6.07) is 11.1. The van der Waals surface area contributed by atoms with Gasteiger partial charge >= 0.3 is 0 Å². The smallest absolute Gasteiger partial charge is 0.255 e. The summed E-state index contributed by atoms with van der Waals surface area (Å²) in [5.41, 5.74) is 10.4. The van der Waals surface area contributed by atoms with Gasteiger partial charge in [-0.1, -0.05) is 6.07 Å². The van der Waals surface area contributed by atoms with Crippen LogP contribution in [0.5, 0.6) is 5.75 Å². The highest BCUT2D eigenvalue weighted by Gasteiger charge is 2.13. The first kappa shape index (κ1) is 13.5. The van der Waals surface area contributed by atoms with Gasteiger partial charge in [-0.3, -0.25) is 4.79 Å². The van der Waals surface area contributed by atoms with E-state index in [1.54, 1.807) is 18.2 Å². The second-order valence-corrected chi connectivity index (χ2v) is 5.25. The molecule has 0 atom stereocenters. The van der Waals surface area contributed by atoms with E-state index >= 15 is 0 Å². The Morgan fingerprint density at radius 1 is 1.14 bits per heavy atom. The standard InChI is InChI=1S/C17H18N2O2/c1-21-16-10-13(6-8-15(16)18)17(20)19-14-7-5-11-3-2-4-12(11)9-14/h5-10H,2-4,18H2,1H3,(H,19,20). The molecule has 0 heterocycles. The molecular formula is C17H18N2O2. The zero-order valence-electron chi connectivity index (χ0n) is 12.0. The largest absolute Gasteiger partial charge is 0.495 e. The number of carbonyl (C=O) groups is 1. The molecule has 0 aliphatic heterocycles. The SMILES string of the molecule is COc1cc(C(=O)Nc2ccc3c(c2)CCC3)ccc1N. The molecule has 3 rings (SSSR count). The van der Waals surface area contributed by atoms with Crippen molar-refractivity contribution < 1.29 is 9.53 Å².